The molecule has 1 heterocycles. The molecule has 0 aromatic heterocycles. The molecule has 2 aromatic carbocycles. The fourth-order valence-electron chi connectivity index (χ4n) is 3.13. The highest BCUT2D eigenvalue weighted by atomic mass is 16.5. The maximum absolute atomic E-state index is 12.8. The molecule has 2 aromatic rings. The maximum Gasteiger partial charge on any atom is 0.337 e. The predicted molar refractivity (Wildman–Crippen MR) is 116 cm³/mol. The smallest absolute Gasteiger partial charge is 0.337 e. The first-order chi connectivity index (χ1) is 14.5. The molecule has 30 heavy (non-hydrogen) atoms. The van der Waals surface area contributed by atoms with Gasteiger partial charge in [-0.05, 0) is 68.1 Å². The summed E-state index contributed by atoms with van der Waals surface area (Å²) in [6, 6.07) is 12.4. The fourth-order valence-corrected chi connectivity index (χ4v) is 3.13. The van der Waals surface area contributed by atoms with Crippen LogP contribution in [0.1, 0.15) is 44.7 Å². The Kier molecular flexibility index (Phi) is 7.19. The lowest BCUT2D eigenvalue weighted by Crippen LogP contribution is -2.36. The van der Waals surface area contributed by atoms with Gasteiger partial charge in [-0.3, -0.25) is 10.1 Å². The van der Waals surface area contributed by atoms with Crippen molar-refractivity contribution in [3.05, 3.63) is 64.7 Å². The monoisotopic (exact) mass is 409 g/mol. The number of carbonyl (C=O) groups excluding carboxylic acids is 2. The van der Waals surface area contributed by atoms with E-state index in [2.05, 4.69) is 15.6 Å². The van der Waals surface area contributed by atoms with Crippen molar-refractivity contribution in [2.45, 2.75) is 32.8 Å². The van der Waals surface area contributed by atoms with Gasteiger partial charge >= 0.3 is 5.97 Å². The summed E-state index contributed by atoms with van der Waals surface area (Å²) in [5.74, 6) is -0.396. The van der Waals surface area contributed by atoms with E-state index in [4.69, 9.17) is 9.47 Å². The minimum atomic E-state index is -0.435. The SMILES string of the molecule is COC(=O)c1cccc(NC(=NC[C@@H]2CCCO2)NC(=O)c2ccc(C)c(C)c2)c1. The third-order valence-corrected chi connectivity index (χ3v) is 5.02. The molecule has 7 nitrogen and oxygen atoms in total. The highest BCUT2D eigenvalue weighted by Crippen LogP contribution is 2.14. The minimum Gasteiger partial charge on any atom is -0.465 e. The predicted octanol–water partition coefficient (Wildman–Crippen LogP) is 3.47. The van der Waals surface area contributed by atoms with Crippen molar-refractivity contribution < 1.29 is 19.1 Å². The molecule has 2 N–H and O–H groups in total. The summed E-state index contributed by atoms with van der Waals surface area (Å²) in [5, 5.41) is 5.95. The molecule has 7 heteroatoms. The minimum absolute atomic E-state index is 0.0433. The molecule has 158 valence electrons. The van der Waals surface area contributed by atoms with Gasteiger partial charge in [-0.25, -0.2) is 9.79 Å². The molecule has 1 aliphatic rings. The van der Waals surface area contributed by atoms with E-state index in [9.17, 15) is 9.59 Å². The number of ether oxygens (including phenoxy) is 2. The molecule has 0 saturated carbocycles. The van der Waals surface area contributed by atoms with Crippen LogP contribution in [0.5, 0.6) is 0 Å². The Morgan fingerprint density at radius 1 is 1.13 bits per heavy atom. The van der Waals surface area contributed by atoms with Crippen LogP contribution in [0.2, 0.25) is 0 Å². The van der Waals surface area contributed by atoms with Gasteiger partial charge in [0.2, 0.25) is 5.96 Å². The molecule has 0 radical (unpaired) electrons. The number of carbonyl (C=O) groups is 2. The summed E-state index contributed by atoms with van der Waals surface area (Å²) in [6.45, 7) is 5.14. The van der Waals surface area contributed by atoms with Gasteiger partial charge in [0.1, 0.15) is 0 Å². The average Bonchev–Trinajstić information content (AvgIpc) is 3.27. The summed E-state index contributed by atoms with van der Waals surface area (Å²) in [7, 11) is 1.33. The highest BCUT2D eigenvalue weighted by Gasteiger charge is 2.16. The summed E-state index contributed by atoms with van der Waals surface area (Å²) in [5.41, 5.74) is 3.73. The molecule has 0 unspecified atom stereocenters. The van der Waals surface area contributed by atoms with E-state index in [1.54, 1.807) is 30.3 Å². The number of benzene rings is 2. The van der Waals surface area contributed by atoms with Gasteiger partial charge in [0.05, 0.1) is 25.3 Å². The highest BCUT2D eigenvalue weighted by molar-refractivity contribution is 6.10. The first kappa shape index (κ1) is 21.5. The molecule has 1 atom stereocenters. The first-order valence-electron chi connectivity index (χ1n) is 9.96. The lowest BCUT2D eigenvalue weighted by molar-refractivity contribution is 0.0600. The number of aliphatic imine (C=N–C) groups is 1. The van der Waals surface area contributed by atoms with Gasteiger partial charge in [-0.15, -0.1) is 0 Å². The third kappa shape index (κ3) is 5.67. The Balaban J connectivity index is 1.79. The molecule has 0 aliphatic carbocycles. The number of aryl methyl sites for hydroxylation is 2. The van der Waals surface area contributed by atoms with Crippen LogP contribution >= 0.6 is 0 Å². The van der Waals surface area contributed by atoms with Gasteiger partial charge in [0, 0.05) is 17.9 Å². The van der Waals surface area contributed by atoms with Crippen molar-refractivity contribution in [2.24, 2.45) is 4.99 Å². The molecule has 0 bridgehead atoms. The zero-order chi connectivity index (χ0) is 21.5. The number of rotatable bonds is 5. The summed E-state index contributed by atoms with van der Waals surface area (Å²) < 4.78 is 10.4. The van der Waals surface area contributed by atoms with Crippen molar-refractivity contribution in [1.82, 2.24) is 5.32 Å². The molecule has 1 fully saturated rings. The van der Waals surface area contributed by atoms with Crippen molar-refractivity contribution in [3.8, 4) is 0 Å². The largest absolute Gasteiger partial charge is 0.465 e. The summed E-state index contributed by atoms with van der Waals surface area (Å²) in [6.07, 6.45) is 2.00. The standard InChI is InChI=1S/C23H27N3O4/c1-15-9-10-17(12-16(15)2)21(27)26-23(24-14-20-8-5-11-30-20)25-19-7-4-6-18(13-19)22(28)29-3/h4,6-7,9-10,12-13,20H,5,8,11,14H2,1-3H3,(H2,24,25,26,27)/t20-/m0/s1. The number of esters is 1. The van der Waals surface area contributed by atoms with E-state index in [1.165, 1.54) is 7.11 Å². The Bertz CT molecular complexity index is 949. The summed E-state index contributed by atoms with van der Waals surface area (Å²) >= 11 is 0. The van der Waals surface area contributed by atoms with Crippen LogP contribution in [0, 0.1) is 13.8 Å². The van der Waals surface area contributed by atoms with Crippen LogP contribution < -0.4 is 10.6 Å². The van der Waals surface area contributed by atoms with Crippen molar-refractivity contribution in [3.63, 3.8) is 0 Å². The Labute approximate surface area is 176 Å². The van der Waals surface area contributed by atoms with Crippen LogP contribution in [0.25, 0.3) is 0 Å². The first-order valence-corrected chi connectivity index (χ1v) is 9.96. The van der Waals surface area contributed by atoms with E-state index in [-0.39, 0.29) is 12.0 Å². The number of methoxy groups -OCH3 is 1. The van der Waals surface area contributed by atoms with Crippen LogP contribution in [0.4, 0.5) is 5.69 Å². The quantitative estimate of drug-likeness (QED) is 0.448. The third-order valence-electron chi connectivity index (χ3n) is 5.02. The Morgan fingerprint density at radius 3 is 2.67 bits per heavy atom. The molecule has 3 rings (SSSR count). The van der Waals surface area contributed by atoms with E-state index < -0.39 is 5.97 Å². The fraction of sp³-hybridized carbons (Fsp3) is 0.348. The van der Waals surface area contributed by atoms with Crippen molar-refractivity contribution in [1.29, 1.82) is 0 Å². The van der Waals surface area contributed by atoms with Gasteiger partial charge in [-0.1, -0.05) is 12.1 Å². The topological polar surface area (TPSA) is 89.0 Å². The number of nitrogens with one attached hydrogen (secondary N) is 2. The number of hydrogen-bond acceptors (Lipinski definition) is 5. The average molecular weight is 409 g/mol. The molecular formula is C23H27N3O4. The van der Waals surface area contributed by atoms with Crippen LogP contribution in [-0.4, -0.2) is 44.2 Å². The number of guanidine groups is 1. The second-order valence-electron chi connectivity index (χ2n) is 7.27. The van der Waals surface area contributed by atoms with Gasteiger partial charge in [0.15, 0.2) is 0 Å². The normalized spacial score (nSPS) is 16.2. The lowest BCUT2D eigenvalue weighted by Gasteiger charge is -2.14. The van der Waals surface area contributed by atoms with Gasteiger partial charge in [0.25, 0.3) is 5.91 Å². The van der Waals surface area contributed by atoms with Crippen molar-refractivity contribution >= 4 is 23.5 Å². The number of anilines is 1. The van der Waals surface area contributed by atoms with E-state index in [0.29, 0.717) is 29.3 Å². The number of nitrogens with zero attached hydrogens (tertiary/aromatic N) is 1. The lowest BCUT2D eigenvalue weighted by atomic mass is 10.1. The van der Waals surface area contributed by atoms with E-state index in [0.717, 1.165) is 30.6 Å². The Morgan fingerprint density at radius 2 is 1.97 bits per heavy atom. The van der Waals surface area contributed by atoms with Gasteiger partial charge in [-0.2, -0.15) is 0 Å². The molecule has 1 saturated heterocycles. The van der Waals surface area contributed by atoms with Crippen LogP contribution in [0.15, 0.2) is 47.5 Å². The second kappa shape index (κ2) is 10.0. The molecule has 1 aliphatic heterocycles. The molecule has 0 spiro atoms. The summed E-state index contributed by atoms with van der Waals surface area (Å²) in [4.78, 5) is 29.1. The number of hydrogen-bond donors (Lipinski definition) is 2. The van der Waals surface area contributed by atoms with Crippen LogP contribution in [0.3, 0.4) is 0 Å². The van der Waals surface area contributed by atoms with Crippen LogP contribution in [-0.2, 0) is 9.47 Å². The zero-order valence-corrected chi connectivity index (χ0v) is 17.5. The van der Waals surface area contributed by atoms with Crippen molar-refractivity contribution in [2.75, 3.05) is 25.6 Å². The van der Waals surface area contributed by atoms with E-state index in [1.807, 2.05) is 26.0 Å². The molecule has 1 amide bonds. The maximum atomic E-state index is 12.8. The second-order valence-corrected chi connectivity index (χ2v) is 7.27. The number of amides is 1. The van der Waals surface area contributed by atoms with E-state index >= 15 is 0 Å². The zero-order valence-electron chi connectivity index (χ0n) is 17.5. The molecular weight excluding hydrogens is 382 g/mol. The van der Waals surface area contributed by atoms with Gasteiger partial charge < -0.3 is 14.8 Å². The Hall–Kier alpha value is -3.19.